The van der Waals surface area contributed by atoms with E-state index in [0.717, 1.165) is 25.9 Å². The van der Waals surface area contributed by atoms with Crippen molar-refractivity contribution >= 4 is 15.9 Å². The van der Waals surface area contributed by atoms with E-state index in [9.17, 15) is 0 Å². The lowest BCUT2D eigenvalue weighted by Gasteiger charge is -2.34. The lowest BCUT2D eigenvalue weighted by Crippen LogP contribution is -2.45. The zero-order valence-electron chi connectivity index (χ0n) is 11.7. The molecule has 0 saturated carbocycles. The van der Waals surface area contributed by atoms with E-state index in [1.54, 1.807) is 12.3 Å². The number of piperidine rings is 1. The molecule has 7 nitrogen and oxygen atoms in total. The molecule has 0 radical (unpaired) electrons. The second-order valence-electron chi connectivity index (χ2n) is 5.26. The number of hydrogen-bond acceptors (Lipinski definition) is 6. The molecule has 3 aromatic heterocycles. The van der Waals surface area contributed by atoms with Crippen LogP contribution in [0.2, 0.25) is 0 Å². The molecule has 0 spiro atoms. The molecule has 0 atom stereocenters. The standard InChI is InChI=1S/C14H14BrN5O2/c15-11-3-2-10(21-11)12-18-13(22-19-12)14(4-7-16-8-5-14)20-9-1-6-17-20/h1-3,6,9,16H,4-5,7-8H2. The van der Waals surface area contributed by atoms with Crippen molar-refractivity contribution in [3.8, 4) is 11.6 Å². The fourth-order valence-electron chi connectivity index (χ4n) is 2.85. The fourth-order valence-corrected chi connectivity index (χ4v) is 3.16. The van der Waals surface area contributed by atoms with Gasteiger partial charge in [-0.3, -0.25) is 4.68 Å². The van der Waals surface area contributed by atoms with Gasteiger partial charge in [-0.2, -0.15) is 10.1 Å². The molecule has 4 rings (SSSR count). The van der Waals surface area contributed by atoms with E-state index in [1.807, 2.05) is 23.0 Å². The Morgan fingerprint density at radius 2 is 2.14 bits per heavy atom. The highest BCUT2D eigenvalue weighted by atomic mass is 79.9. The van der Waals surface area contributed by atoms with Crippen molar-refractivity contribution in [1.29, 1.82) is 0 Å². The number of nitrogens with one attached hydrogen (secondary N) is 1. The van der Waals surface area contributed by atoms with Crippen molar-refractivity contribution in [3.63, 3.8) is 0 Å². The molecule has 1 N–H and O–H groups in total. The summed E-state index contributed by atoms with van der Waals surface area (Å²) in [4.78, 5) is 4.56. The SMILES string of the molecule is Brc1ccc(-c2noc(C3(n4cccn4)CCNCC3)n2)o1. The maximum absolute atomic E-state index is 5.57. The summed E-state index contributed by atoms with van der Waals surface area (Å²) in [7, 11) is 0. The Morgan fingerprint density at radius 3 is 2.82 bits per heavy atom. The molecule has 1 aliphatic rings. The number of rotatable bonds is 3. The Hall–Kier alpha value is -1.93. The summed E-state index contributed by atoms with van der Waals surface area (Å²) in [6.07, 6.45) is 5.40. The molecule has 1 aliphatic heterocycles. The van der Waals surface area contributed by atoms with Crippen LogP contribution in [-0.4, -0.2) is 33.0 Å². The lowest BCUT2D eigenvalue weighted by atomic mass is 9.88. The second-order valence-corrected chi connectivity index (χ2v) is 6.04. The van der Waals surface area contributed by atoms with Crippen molar-refractivity contribution in [2.24, 2.45) is 0 Å². The Bertz CT molecular complexity index is 758. The molecule has 0 aromatic carbocycles. The van der Waals surface area contributed by atoms with Gasteiger partial charge in [-0.15, -0.1) is 0 Å². The quantitative estimate of drug-likeness (QED) is 0.769. The van der Waals surface area contributed by atoms with E-state index in [1.165, 1.54) is 0 Å². The van der Waals surface area contributed by atoms with Crippen molar-refractivity contribution in [3.05, 3.63) is 41.2 Å². The average Bonchev–Trinajstić information content (AvgIpc) is 3.29. The van der Waals surface area contributed by atoms with Crippen LogP contribution in [0.3, 0.4) is 0 Å². The molecule has 1 fully saturated rings. The Morgan fingerprint density at radius 1 is 1.27 bits per heavy atom. The first-order chi connectivity index (χ1) is 10.8. The van der Waals surface area contributed by atoms with Gasteiger partial charge in [0.05, 0.1) is 0 Å². The van der Waals surface area contributed by atoms with Crippen LogP contribution in [0.15, 0.2) is 44.2 Å². The molecule has 8 heteroatoms. The highest BCUT2D eigenvalue weighted by molar-refractivity contribution is 9.10. The number of aromatic nitrogens is 4. The maximum atomic E-state index is 5.57. The fraction of sp³-hybridized carbons (Fsp3) is 0.357. The van der Waals surface area contributed by atoms with E-state index in [2.05, 4.69) is 36.5 Å². The molecule has 0 bridgehead atoms. The Labute approximate surface area is 134 Å². The van der Waals surface area contributed by atoms with Crippen LogP contribution >= 0.6 is 15.9 Å². The summed E-state index contributed by atoms with van der Waals surface area (Å²) < 4.78 is 13.6. The largest absolute Gasteiger partial charge is 0.446 e. The van der Waals surface area contributed by atoms with Gasteiger partial charge in [0.25, 0.3) is 5.89 Å². The maximum Gasteiger partial charge on any atom is 0.255 e. The van der Waals surface area contributed by atoms with Crippen LogP contribution in [0, 0.1) is 0 Å². The summed E-state index contributed by atoms with van der Waals surface area (Å²) in [5.41, 5.74) is -0.399. The zero-order valence-corrected chi connectivity index (χ0v) is 13.3. The summed E-state index contributed by atoms with van der Waals surface area (Å²) in [5, 5.41) is 11.8. The summed E-state index contributed by atoms with van der Waals surface area (Å²) in [5.74, 6) is 1.59. The molecular formula is C14H14BrN5O2. The molecule has 22 heavy (non-hydrogen) atoms. The van der Waals surface area contributed by atoms with Crippen LogP contribution in [0.25, 0.3) is 11.6 Å². The van der Waals surface area contributed by atoms with E-state index in [0.29, 0.717) is 22.1 Å². The smallest absolute Gasteiger partial charge is 0.255 e. The third-order valence-corrected chi connectivity index (χ3v) is 4.42. The number of furan rings is 1. The number of nitrogens with zero attached hydrogens (tertiary/aromatic N) is 4. The van der Waals surface area contributed by atoms with Crippen LogP contribution in [0.1, 0.15) is 18.7 Å². The monoisotopic (exact) mass is 363 g/mol. The zero-order chi connectivity index (χ0) is 15.0. The van der Waals surface area contributed by atoms with Gasteiger partial charge in [0.2, 0.25) is 5.82 Å². The van der Waals surface area contributed by atoms with Gasteiger partial charge < -0.3 is 14.3 Å². The van der Waals surface area contributed by atoms with Crippen molar-refractivity contribution in [2.45, 2.75) is 18.4 Å². The van der Waals surface area contributed by atoms with Crippen molar-refractivity contribution < 1.29 is 8.94 Å². The molecule has 114 valence electrons. The Balaban J connectivity index is 1.76. The topological polar surface area (TPSA) is 81.9 Å². The van der Waals surface area contributed by atoms with Gasteiger partial charge in [-0.05, 0) is 60.1 Å². The molecular weight excluding hydrogens is 350 g/mol. The molecule has 3 aromatic rings. The van der Waals surface area contributed by atoms with E-state index < -0.39 is 5.54 Å². The average molecular weight is 364 g/mol. The summed E-state index contributed by atoms with van der Waals surface area (Å²) >= 11 is 3.28. The van der Waals surface area contributed by atoms with Gasteiger partial charge in [-0.1, -0.05) is 5.16 Å². The first-order valence-corrected chi connectivity index (χ1v) is 7.88. The van der Waals surface area contributed by atoms with Crippen LogP contribution in [0.4, 0.5) is 0 Å². The molecule has 0 unspecified atom stereocenters. The number of halogens is 1. The third-order valence-electron chi connectivity index (χ3n) is 3.99. The number of hydrogen-bond donors (Lipinski definition) is 1. The third kappa shape index (κ3) is 2.19. The first kappa shape index (κ1) is 13.7. The van der Waals surface area contributed by atoms with Gasteiger partial charge in [-0.25, -0.2) is 0 Å². The predicted molar refractivity (Wildman–Crippen MR) is 81.1 cm³/mol. The van der Waals surface area contributed by atoms with Gasteiger partial charge >= 0.3 is 0 Å². The summed E-state index contributed by atoms with van der Waals surface area (Å²) in [6.45, 7) is 1.76. The van der Waals surface area contributed by atoms with E-state index in [-0.39, 0.29) is 0 Å². The Kier molecular flexibility index (Phi) is 3.34. The van der Waals surface area contributed by atoms with Crippen molar-refractivity contribution in [1.82, 2.24) is 25.2 Å². The van der Waals surface area contributed by atoms with Gasteiger partial charge in [0.1, 0.15) is 5.54 Å². The van der Waals surface area contributed by atoms with Crippen LogP contribution in [0.5, 0.6) is 0 Å². The minimum absolute atomic E-state index is 0.399. The lowest BCUT2D eigenvalue weighted by molar-refractivity contribution is 0.172. The normalized spacial score (nSPS) is 17.7. The molecule has 0 amide bonds. The van der Waals surface area contributed by atoms with Crippen LogP contribution < -0.4 is 5.32 Å². The first-order valence-electron chi connectivity index (χ1n) is 7.09. The second kappa shape index (κ2) is 5.36. The molecule has 0 aliphatic carbocycles. The minimum atomic E-state index is -0.399. The van der Waals surface area contributed by atoms with Crippen LogP contribution in [-0.2, 0) is 5.54 Å². The summed E-state index contributed by atoms with van der Waals surface area (Å²) in [6, 6.07) is 5.52. The highest BCUT2D eigenvalue weighted by Gasteiger charge is 2.42. The van der Waals surface area contributed by atoms with E-state index >= 15 is 0 Å². The predicted octanol–water partition coefficient (Wildman–Crippen LogP) is 2.42. The molecule has 4 heterocycles. The van der Waals surface area contributed by atoms with Gasteiger partial charge in [0.15, 0.2) is 10.4 Å². The highest BCUT2D eigenvalue weighted by Crippen LogP contribution is 2.35. The van der Waals surface area contributed by atoms with Crippen molar-refractivity contribution in [2.75, 3.05) is 13.1 Å². The molecule has 1 saturated heterocycles. The van der Waals surface area contributed by atoms with E-state index in [4.69, 9.17) is 8.94 Å². The van der Waals surface area contributed by atoms with Gasteiger partial charge in [0, 0.05) is 12.4 Å². The minimum Gasteiger partial charge on any atom is -0.446 e.